The molecule has 0 amide bonds. The maximum Gasteiger partial charge on any atom is 0.164 e. The summed E-state index contributed by atoms with van der Waals surface area (Å²) in [5.41, 5.74) is 15.5. The minimum atomic E-state index is -0.152. The molecule has 0 N–H and O–H groups in total. The van der Waals surface area contributed by atoms with Gasteiger partial charge in [0.25, 0.3) is 0 Å². The maximum atomic E-state index is 5.47. The van der Waals surface area contributed by atoms with Crippen LogP contribution in [0.1, 0.15) is 25.0 Å². The van der Waals surface area contributed by atoms with Gasteiger partial charge in [0.1, 0.15) is 0 Å². The summed E-state index contributed by atoms with van der Waals surface area (Å²) in [7, 11) is 0. The molecule has 11 rings (SSSR count). The van der Waals surface area contributed by atoms with E-state index in [1.54, 1.807) is 0 Å². The molecule has 2 heterocycles. The van der Waals surface area contributed by atoms with Gasteiger partial charge in [-0.2, -0.15) is 0 Å². The summed E-state index contributed by atoms with van der Waals surface area (Å²) in [4.78, 5) is 20.7. The fourth-order valence-electron chi connectivity index (χ4n) is 8.94. The van der Waals surface area contributed by atoms with Gasteiger partial charge in [-0.15, -0.1) is 0 Å². The van der Waals surface area contributed by atoms with Crippen molar-refractivity contribution in [2.24, 2.45) is 0 Å². The fraction of sp³-hybridized carbons (Fsp3) is 0.0545. The molecule has 1 aliphatic carbocycles. The van der Waals surface area contributed by atoms with Crippen LogP contribution in [-0.2, 0) is 5.41 Å². The van der Waals surface area contributed by atoms with Crippen molar-refractivity contribution < 1.29 is 0 Å². The first-order valence-corrected chi connectivity index (χ1v) is 20.1. The van der Waals surface area contributed by atoms with E-state index in [0.717, 1.165) is 66.3 Å². The van der Waals surface area contributed by atoms with Crippen LogP contribution in [0.3, 0.4) is 0 Å². The number of hydrogen-bond donors (Lipinski definition) is 0. The lowest BCUT2D eigenvalue weighted by Gasteiger charge is -2.22. The fourth-order valence-corrected chi connectivity index (χ4v) is 8.94. The van der Waals surface area contributed by atoms with E-state index in [4.69, 9.17) is 19.9 Å². The first kappa shape index (κ1) is 34.7. The van der Waals surface area contributed by atoms with E-state index in [0.29, 0.717) is 17.5 Å². The number of benzene rings is 8. The van der Waals surface area contributed by atoms with Crippen LogP contribution in [0.2, 0.25) is 0 Å². The van der Waals surface area contributed by atoms with Crippen molar-refractivity contribution in [1.82, 2.24) is 19.9 Å². The minimum absolute atomic E-state index is 0.152. The summed E-state index contributed by atoms with van der Waals surface area (Å²) in [6, 6.07) is 68.5. The highest BCUT2D eigenvalue weighted by Gasteiger charge is 2.36. The van der Waals surface area contributed by atoms with Crippen LogP contribution in [-0.4, -0.2) is 19.9 Å². The van der Waals surface area contributed by atoms with Gasteiger partial charge >= 0.3 is 0 Å². The summed E-state index contributed by atoms with van der Waals surface area (Å²) >= 11 is 0. The minimum Gasteiger partial charge on any atom is -0.248 e. The Morgan fingerprint density at radius 3 is 1.54 bits per heavy atom. The van der Waals surface area contributed by atoms with Crippen LogP contribution in [0.4, 0.5) is 0 Å². The standard InChI is InChI=1S/C55H38N4/c1-55(2)48-28-15-14-27-43(48)46-32-47-45(33-50(56-51(47)34-49(46)55)39-24-16-23-38(31-39)35-17-6-3-7-18-35)42-29-30-44(41-26-13-12-25-40(41)42)54-58-52(36-19-8-4-9-20-36)57-53(59-54)37-21-10-5-11-22-37/h3-34H,1-2H3. The van der Waals surface area contributed by atoms with Crippen LogP contribution in [0.15, 0.2) is 194 Å². The van der Waals surface area contributed by atoms with E-state index in [1.165, 1.54) is 27.8 Å². The van der Waals surface area contributed by atoms with Gasteiger partial charge in [-0.05, 0) is 85.6 Å². The lowest BCUT2D eigenvalue weighted by Crippen LogP contribution is -2.14. The topological polar surface area (TPSA) is 51.6 Å². The Bertz CT molecular complexity index is 3170. The maximum absolute atomic E-state index is 5.47. The number of aromatic nitrogens is 4. The Balaban J connectivity index is 1.15. The van der Waals surface area contributed by atoms with E-state index >= 15 is 0 Å². The zero-order valence-corrected chi connectivity index (χ0v) is 32.8. The first-order valence-electron chi connectivity index (χ1n) is 20.1. The molecule has 4 heteroatoms. The van der Waals surface area contributed by atoms with Gasteiger partial charge in [-0.3, -0.25) is 0 Å². The number of fused-ring (bicyclic) bond motifs is 5. The lowest BCUT2D eigenvalue weighted by atomic mass is 9.82. The molecule has 2 aromatic heterocycles. The van der Waals surface area contributed by atoms with Crippen molar-refractivity contribution in [3.63, 3.8) is 0 Å². The van der Waals surface area contributed by atoms with Crippen LogP contribution in [0.5, 0.6) is 0 Å². The predicted octanol–water partition coefficient (Wildman–Crippen LogP) is 13.9. The molecule has 0 atom stereocenters. The van der Waals surface area contributed by atoms with Crippen LogP contribution >= 0.6 is 0 Å². The van der Waals surface area contributed by atoms with Crippen LogP contribution in [0.25, 0.3) is 100 Å². The number of pyridine rings is 1. The molecule has 0 radical (unpaired) electrons. The molecule has 0 spiro atoms. The van der Waals surface area contributed by atoms with Gasteiger partial charge in [0.05, 0.1) is 11.2 Å². The third-order valence-corrected chi connectivity index (χ3v) is 11.9. The zero-order valence-electron chi connectivity index (χ0n) is 32.8. The molecule has 278 valence electrons. The van der Waals surface area contributed by atoms with Crippen molar-refractivity contribution in [2.75, 3.05) is 0 Å². The molecule has 4 nitrogen and oxygen atoms in total. The summed E-state index contributed by atoms with van der Waals surface area (Å²) in [5, 5.41) is 3.31. The van der Waals surface area contributed by atoms with Gasteiger partial charge in [-0.1, -0.05) is 178 Å². The van der Waals surface area contributed by atoms with Crippen molar-refractivity contribution in [2.45, 2.75) is 19.3 Å². The molecule has 10 aromatic rings. The second-order valence-electron chi connectivity index (χ2n) is 15.8. The molecule has 0 bridgehead atoms. The highest BCUT2D eigenvalue weighted by molar-refractivity contribution is 6.10. The largest absolute Gasteiger partial charge is 0.248 e. The van der Waals surface area contributed by atoms with Crippen LogP contribution in [0, 0.1) is 0 Å². The Labute approximate surface area is 343 Å². The van der Waals surface area contributed by atoms with E-state index in [9.17, 15) is 0 Å². The SMILES string of the molecule is CC1(C)c2ccccc2-c2cc3c(-c4ccc(-c5nc(-c6ccccc6)nc(-c6ccccc6)n5)c5ccccc45)cc(-c4cccc(-c5ccccc5)c4)nc3cc21. The summed E-state index contributed by atoms with van der Waals surface area (Å²) in [6.45, 7) is 4.66. The Kier molecular flexibility index (Phi) is 8.12. The van der Waals surface area contributed by atoms with E-state index in [-0.39, 0.29) is 5.41 Å². The molecule has 59 heavy (non-hydrogen) atoms. The summed E-state index contributed by atoms with van der Waals surface area (Å²) in [5.74, 6) is 1.92. The van der Waals surface area contributed by atoms with Crippen molar-refractivity contribution in [3.05, 3.63) is 205 Å². The number of rotatable bonds is 6. The third-order valence-electron chi connectivity index (χ3n) is 11.9. The average molecular weight is 755 g/mol. The van der Waals surface area contributed by atoms with E-state index < -0.39 is 0 Å². The highest BCUT2D eigenvalue weighted by atomic mass is 15.0. The Hall–Kier alpha value is -7.56. The van der Waals surface area contributed by atoms with Gasteiger partial charge in [0, 0.05) is 33.1 Å². The van der Waals surface area contributed by atoms with E-state index in [1.807, 2.05) is 60.7 Å². The second-order valence-corrected chi connectivity index (χ2v) is 15.8. The van der Waals surface area contributed by atoms with Crippen LogP contribution < -0.4 is 0 Å². The smallest absolute Gasteiger partial charge is 0.164 e. The molecule has 0 unspecified atom stereocenters. The quantitative estimate of drug-likeness (QED) is 0.170. The zero-order chi connectivity index (χ0) is 39.5. The Morgan fingerprint density at radius 2 is 0.847 bits per heavy atom. The second kappa shape index (κ2) is 13.8. The average Bonchev–Trinajstić information content (AvgIpc) is 3.53. The molecule has 8 aromatic carbocycles. The highest BCUT2D eigenvalue weighted by Crippen LogP contribution is 2.51. The van der Waals surface area contributed by atoms with Crippen molar-refractivity contribution in [1.29, 1.82) is 0 Å². The van der Waals surface area contributed by atoms with E-state index in [2.05, 4.69) is 147 Å². The lowest BCUT2D eigenvalue weighted by molar-refractivity contribution is 0.661. The molecule has 0 fully saturated rings. The molecule has 1 aliphatic rings. The van der Waals surface area contributed by atoms with Crippen molar-refractivity contribution >= 4 is 21.7 Å². The normalized spacial score (nSPS) is 12.7. The van der Waals surface area contributed by atoms with Gasteiger partial charge < -0.3 is 0 Å². The molecular formula is C55H38N4. The van der Waals surface area contributed by atoms with Crippen molar-refractivity contribution in [3.8, 4) is 78.8 Å². The number of nitrogens with zero attached hydrogens (tertiary/aromatic N) is 4. The predicted molar refractivity (Wildman–Crippen MR) is 243 cm³/mol. The molecule has 0 saturated carbocycles. The third kappa shape index (κ3) is 5.92. The number of hydrogen-bond acceptors (Lipinski definition) is 4. The molecule has 0 aliphatic heterocycles. The monoisotopic (exact) mass is 754 g/mol. The van der Waals surface area contributed by atoms with Gasteiger partial charge in [-0.25, -0.2) is 19.9 Å². The Morgan fingerprint density at radius 1 is 0.305 bits per heavy atom. The first-order chi connectivity index (χ1) is 29.0. The van der Waals surface area contributed by atoms with Gasteiger partial charge in [0.15, 0.2) is 17.5 Å². The molecule has 0 saturated heterocycles. The van der Waals surface area contributed by atoms with Gasteiger partial charge in [0.2, 0.25) is 0 Å². The summed E-state index contributed by atoms with van der Waals surface area (Å²) in [6.07, 6.45) is 0. The summed E-state index contributed by atoms with van der Waals surface area (Å²) < 4.78 is 0. The molecular weight excluding hydrogens is 717 g/mol.